The molecule has 0 bridgehead atoms. The number of fused-ring (bicyclic) bond motifs is 1. The topological polar surface area (TPSA) is 96.0 Å². The van der Waals surface area contributed by atoms with Gasteiger partial charge in [-0.05, 0) is 45.9 Å². The Hall–Kier alpha value is -2.41. The van der Waals surface area contributed by atoms with Crippen LogP contribution in [0.2, 0.25) is 0 Å². The third-order valence-corrected chi connectivity index (χ3v) is 3.62. The first-order chi connectivity index (χ1) is 11.2. The van der Waals surface area contributed by atoms with Crippen LogP contribution in [0.5, 0.6) is 0 Å². The fourth-order valence-corrected chi connectivity index (χ4v) is 2.45. The van der Waals surface area contributed by atoms with Gasteiger partial charge in [-0.3, -0.25) is 14.4 Å². The molecule has 7 nitrogen and oxygen atoms in total. The number of benzene rings is 1. The van der Waals surface area contributed by atoms with E-state index in [1.165, 1.54) is 4.57 Å². The van der Waals surface area contributed by atoms with Crippen LogP contribution in [-0.4, -0.2) is 34.1 Å². The molecule has 0 aliphatic heterocycles. The largest absolute Gasteiger partial charge is 0.351 e. The van der Waals surface area contributed by atoms with Gasteiger partial charge < -0.3 is 20.2 Å². The van der Waals surface area contributed by atoms with Gasteiger partial charge in [0, 0.05) is 30.7 Å². The lowest BCUT2D eigenvalue weighted by atomic mass is 10.1. The van der Waals surface area contributed by atoms with E-state index in [1.807, 2.05) is 0 Å². The lowest BCUT2D eigenvalue weighted by Gasteiger charge is -2.20. The number of carbonyl (C=O) groups excluding carboxylic acids is 1. The van der Waals surface area contributed by atoms with Crippen molar-refractivity contribution in [2.45, 2.75) is 39.8 Å². The average Bonchev–Trinajstić information content (AvgIpc) is 2.51. The van der Waals surface area contributed by atoms with Gasteiger partial charge in [0.1, 0.15) is 0 Å². The van der Waals surface area contributed by atoms with Crippen LogP contribution in [0.1, 0.15) is 38.1 Å². The Kier molecular flexibility index (Phi) is 5.23. The van der Waals surface area contributed by atoms with Crippen LogP contribution >= 0.6 is 0 Å². The molecular formula is C17H24N4O3. The molecule has 0 saturated heterocycles. The van der Waals surface area contributed by atoms with Crippen molar-refractivity contribution in [3.63, 3.8) is 0 Å². The van der Waals surface area contributed by atoms with Crippen molar-refractivity contribution < 1.29 is 4.79 Å². The summed E-state index contributed by atoms with van der Waals surface area (Å²) in [5, 5.41) is 6.12. The maximum Gasteiger partial charge on any atom is 0.316 e. The quantitative estimate of drug-likeness (QED) is 0.558. The van der Waals surface area contributed by atoms with E-state index in [4.69, 9.17) is 0 Å². The van der Waals surface area contributed by atoms with Crippen LogP contribution in [-0.2, 0) is 6.54 Å². The summed E-state index contributed by atoms with van der Waals surface area (Å²) in [6.07, 6.45) is 0. The van der Waals surface area contributed by atoms with E-state index in [0.717, 1.165) is 0 Å². The minimum atomic E-state index is -0.684. The molecule has 7 heteroatoms. The van der Waals surface area contributed by atoms with Crippen molar-refractivity contribution >= 4 is 16.9 Å². The van der Waals surface area contributed by atoms with E-state index in [0.29, 0.717) is 36.2 Å². The summed E-state index contributed by atoms with van der Waals surface area (Å²) in [6, 6.07) is 4.92. The zero-order valence-corrected chi connectivity index (χ0v) is 14.5. The molecule has 1 aromatic carbocycles. The van der Waals surface area contributed by atoms with Gasteiger partial charge in [-0.1, -0.05) is 0 Å². The van der Waals surface area contributed by atoms with Gasteiger partial charge in [0.25, 0.3) is 5.91 Å². The molecule has 0 spiro atoms. The Bertz CT molecular complexity index is 859. The summed E-state index contributed by atoms with van der Waals surface area (Å²) < 4.78 is 1.39. The highest BCUT2D eigenvalue weighted by Gasteiger charge is 2.11. The third-order valence-electron chi connectivity index (χ3n) is 3.62. The lowest BCUT2D eigenvalue weighted by molar-refractivity contribution is 0.0953. The number of aromatic amines is 1. The number of hydrogen-bond donors (Lipinski definition) is 3. The Morgan fingerprint density at radius 2 is 1.92 bits per heavy atom. The maximum atomic E-state index is 12.2. The number of nitrogens with one attached hydrogen (secondary N) is 3. The number of rotatable bonds is 5. The number of nitrogens with zero attached hydrogens (tertiary/aromatic N) is 1. The SMILES string of the molecule is CCn1c(=O)c(=O)[nH]c2cc(C(=O)NCCNC(C)(C)C)ccc21. The van der Waals surface area contributed by atoms with E-state index in [9.17, 15) is 14.4 Å². The highest BCUT2D eigenvalue weighted by molar-refractivity contribution is 5.97. The number of hydrogen-bond acceptors (Lipinski definition) is 4. The molecule has 0 aliphatic carbocycles. The first-order valence-corrected chi connectivity index (χ1v) is 8.03. The first kappa shape index (κ1) is 17.9. The van der Waals surface area contributed by atoms with Crippen LogP contribution in [0.15, 0.2) is 27.8 Å². The molecule has 2 aromatic rings. The molecule has 0 saturated carbocycles. The molecule has 3 N–H and O–H groups in total. The Morgan fingerprint density at radius 3 is 2.54 bits per heavy atom. The summed E-state index contributed by atoms with van der Waals surface area (Å²) in [6.45, 7) is 9.52. The average molecular weight is 332 g/mol. The summed E-state index contributed by atoms with van der Waals surface area (Å²) in [5.41, 5.74) is 0.244. The summed E-state index contributed by atoms with van der Waals surface area (Å²) in [5.74, 6) is -0.220. The molecule has 0 aliphatic rings. The number of carbonyl (C=O) groups is 1. The van der Waals surface area contributed by atoms with Crippen LogP contribution in [0.25, 0.3) is 11.0 Å². The molecule has 0 atom stereocenters. The van der Waals surface area contributed by atoms with Crippen molar-refractivity contribution in [1.29, 1.82) is 0 Å². The smallest absolute Gasteiger partial charge is 0.316 e. The van der Waals surface area contributed by atoms with Crippen molar-refractivity contribution in [2.75, 3.05) is 13.1 Å². The Morgan fingerprint density at radius 1 is 1.21 bits per heavy atom. The Balaban J connectivity index is 2.19. The van der Waals surface area contributed by atoms with Gasteiger partial charge in [0.2, 0.25) is 0 Å². The predicted molar refractivity (Wildman–Crippen MR) is 94.6 cm³/mol. The standard InChI is InChI=1S/C17H24N4O3/c1-5-21-13-7-6-11(10-12(13)20-15(23)16(21)24)14(22)18-8-9-19-17(2,3)4/h6-7,10,19H,5,8-9H2,1-4H3,(H,18,22)(H,20,23). The summed E-state index contributed by atoms with van der Waals surface area (Å²) in [7, 11) is 0. The highest BCUT2D eigenvalue weighted by Crippen LogP contribution is 2.11. The fraction of sp³-hybridized carbons (Fsp3) is 0.471. The van der Waals surface area contributed by atoms with Crippen LogP contribution in [0.3, 0.4) is 0 Å². The van der Waals surface area contributed by atoms with E-state index in [2.05, 4.69) is 36.4 Å². The molecule has 24 heavy (non-hydrogen) atoms. The molecule has 2 rings (SSSR count). The van der Waals surface area contributed by atoms with Crippen molar-refractivity contribution in [3.05, 3.63) is 44.5 Å². The maximum absolute atomic E-state index is 12.2. The predicted octanol–water partition coefficient (Wildman–Crippen LogP) is 0.828. The molecule has 1 aromatic heterocycles. The highest BCUT2D eigenvalue weighted by atomic mass is 16.2. The second-order valence-electron chi connectivity index (χ2n) is 6.67. The van der Waals surface area contributed by atoms with Crippen molar-refractivity contribution in [1.82, 2.24) is 20.2 Å². The second kappa shape index (κ2) is 7.00. The van der Waals surface area contributed by atoms with E-state index >= 15 is 0 Å². The van der Waals surface area contributed by atoms with Crippen LogP contribution in [0, 0.1) is 0 Å². The number of amides is 1. The van der Waals surface area contributed by atoms with Gasteiger partial charge in [0.15, 0.2) is 0 Å². The monoisotopic (exact) mass is 332 g/mol. The lowest BCUT2D eigenvalue weighted by Crippen LogP contribution is -2.41. The summed E-state index contributed by atoms with van der Waals surface area (Å²) >= 11 is 0. The van der Waals surface area contributed by atoms with Gasteiger partial charge in [-0.25, -0.2) is 0 Å². The number of H-pyrrole nitrogens is 1. The molecule has 0 fully saturated rings. The van der Waals surface area contributed by atoms with E-state index in [-0.39, 0.29) is 11.4 Å². The van der Waals surface area contributed by atoms with Crippen molar-refractivity contribution in [3.8, 4) is 0 Å². The zero-order chi connectivity index (χ0) is 17.9. The zero-order valence-electron chi connectivity index (χ0n) is 14.5. The fourth-order valence-electron chi connectivity index (χ4n) is 2.45. The minimum absolute atomic E-state index is 0.00300. The Labute approximate surface area is 140 Å². The second-order valence-corrected chi connectivity index (χ2v) is 6.67. The third kappa shape index (κ3) is 4.11. The molecule has 1 amide bonds. The van der Waals surface area contributed by atoms with Gasteiger partial charge in [-0.15, -0.1) is 0 Å². The minimum Gasteiger partial charge on any atom is -0.351 e. The van der Waals surface area contributed by atoms with Crippen LogP contribution in [0.4, 0.5) is 0 Å². The van der Waals surface area contributed by atoms with Gasteiger partial charge in [-0.2, -0.15) is 0 Å². The van der Waals surface area contributed by atoms with Crippen molar-refractivity contribution in [2.24, 2.45) is 0 Å². The summed E-state index contributed by atoms with van der Waals surface area (Å²) in [4.78, 5) is 38.3. The van der Waals surface area contributed by atoms with Gasteiger partial charge in [0.05, 0.1) is 11.0 Å². The van der Waals surface area contributed by atoms with E-state index in [1.54, 1.807) is 25.1 Å². The first-order valence-electron chi connectivity index (χ1n) is 8.03. The molecule has 0 radical (unpaired) electrons. The molecule has 0 unspecified atom stereocenters. The molecular weight excluding hydrogens is 308 g/mol. The van der Waals surface area contributed by atoms with Gasteiger partial charge >= 0.3 is 11.1 Å². The number of aryl methyl sites for hydroxylation is 1. The van der Waals surface area contributed by atoms with Crippen LogP contribution < -0.4 is 21.8 Å². The number of aromatic nitrogens is 2. The van der Waals surface area contributed by atoms with E-state index < -0.39 is 11.1 Å². The normalized spacial score (nSPS) is 11.7. The molecule has 130 valence electrons. The molecule has 1 heterocycles.